The van der Waals surface area contributed by atoms with Crippen LogP contribution in [0.2, 0.25) is 0 Å². The third kappa shape index (κ3) is 3.06. The van der Waals surface area contributed by atoms with Crippen molar-refractivity contribution in [3.05, 3.63) is 17.5 Å². The van der Waals surface area contributed by atoms with Crippen molar-refractivity contribution in [1.29, 1.82) is 0 Å². The topological polar surface area (TPSA) is 95.7 Å². The molecule has 0 fully saturated rings. The molecule has 0 aliphatic rings. The van der Waals surface area contributed by atoms with E-state index in [4.69, 9.17) is 10.4 Å². The maximum Gasteiger partial charge on any atom is 0.237 e. The lowest BCUT2D eigenvalue weighted by molar-refractivity contribution is 0.385. The van der Waals surface area contributed by atoms with E-state index in [0.717, 1.165) is 12.2 Å². The molecule has 0 saturated carbocycles. The van der Waals surface area contributed by atoms with Crippen LogP contribution in [-0.2, 0) is 17.6 Å². The van der Waals surface area contributed by atoms with E-state index in [1.807, 2.05) is 27.7 Å². The molecule has 2 rings (SSSR count). The third-order valence-corrected chi connectivity index (χ3v) is 3.41. The first-order valence-corrected chi connectivity index (χ1v) is 7.05. The summed E-state index contributed by atoms with van der Waals surface area (Å²) in [5.74, 6) is 8.55. The molecule has 19 heavy (non-hydrogen) atoms. The molecule has 2 aromatic rings. The predicted octanol–water partition coefficient (Wildman–Crippen LogP) is 1.53. The fourth-order valence-corrected chi connectivity index (χ4v) is 2.20. The molecular weight excluding hydrogens is 264 g/mol. The van der Waals surface area contributed by atoms with Crippen LogP contribution in [0.1, 0.15) is 45.2 Å². The Bertz CT molecular complexity index is 556. The second kappa shape index (κ2) is 5.20. The van der Waals surface area contributed by atoms with E-state index in [0.29, 0.717) is 22.6 Å². The molecule has 0 amide bonds. The minimum atomic E-state index is -0.138. The van der Waals surface area contributed by atoms with Crippen LogP contribution in [0.4, 0.5) is 0 Å². The average molecular weight is 282 g/mol. The Morgan fingerprint density at radius 1 is 1.32 bits per heavy atom. The SMILES string of the molecule is CCc1noc(CSc2nnc(C(C)(C)C)n2N)n1. The molecule has 0 radical (unpaired) electrons. The van der Waals surface area contributed by atoms with Crippen LogP contribution in [-0.4, -0.2) is 25.0 Å². The molecular formula is C11H18N6OS. The number of aromatic nitrogens is 5. The van der Waals surface area contributed by atoms with Crippen molar-refractivity contribution in [3.8, 4) is 0 Å². The maximum atomic E-state index is 5.99. The zero-order valence-corrected chi connectivity index (χ0v) is 12.4. The molecule has 7 nitrogen and oxygen atoms in total. The van der Waals surface area contributed by atoms with E-state index < -0.39 is 0 Å². The van der Waals surface area contributed by atoms with Crippen LogP contribution >= 0.6 is 11.8 Å². The lowest BCUT2D eigenvalue weighted by atomic mass is 9.96. The summed E-state index contributed by atoms with van der Waals surface area (Å²) in [5.41, 5.74) is -0.138. The number of nitrogens with two attached hydrogens (primary N) is 1. The van der Waals surface area contributed by atoms with Crippen molar-refractivity contribution >= 4 is 11.8 Å². The molecule has 0 saturated heterocycles. The van der Waals surface area contributed by atoms with Gasteiger partial charge in [0.1, 0.15) is 0 Å². The summed E-state index contributed by atoms with van der Waals surface area (Å²) in [7, 11) is 0. The molecule has 0 aliphatic carbocycles. The van der Waals surface area contributed by atoms with Gasteiger partial charge in [0.05, 0.1) is 5.75 Å². The monoisotopic (exact) mass is 282 g/mol. The molecule has 0 aromatic carbocycles. The van der Waals surface area contributed by atoms with Crippen molar-refractivity contribution in [3.63, 3.8) is 0 Å². The van der Waals surface area contributed by atoms with Gasteiger partial charge in [-0.3, -0.25) is 0 Å². The lowest BCUT2D eigenvalue weighted by Crippen LogP contribution is -2.24. The Hall–Kier alpha value is -1.57. The van der Waals surface area contributed by atoms with Crippen LogP contribution in [0.25, 0.3) is 0 Å². The highest BCUT2D eigenvalue weighted by molar-refractivity contribution is 7.98. The largest absolute Gasteiger partial charge is 0.338 e. The average Bonchev–Trinajstić information content (AvgIpc) is 2.92. The highest BCUT2D eigenvalue weighted by atomic mass is 32.2. The van der Waals surface area contributed by atoms with Gasteiger partial charge in [-0.1, -0.05) is 44.6 Å². The maximum absolute atomic E-state index is 5.99. The molecule has 8 heteroatoms. The number of nitrogen functional groups attached to an aromatic ring is 1. The summed E-state index contributed by atoms with van der Waals surface area (Å²) in [6, 6.07) is 0. The van der Waals surface area contributed by atoms with Gasteiger partial charge in [-0.05, 0) is 0 Å². The zero-order chi connectivity index (χ0) is 14.0. The van der Waals surface area contributed by atoms with Gasteiger partial charge >= 0.3 is 0 Å². The summed E-state index contributed by atoms with van der Waals surface area (Å²) in [5, 5.41) is 12.7. The molecule has 0 spiro atoms. The second-order valence-electron chi connectivity index (χ2n) is 5.17. The van der Waals surface area contributed by atoms with E-state index in [1.54, 1.807) is 0 Å². The number of rotatable bonds is 4. The smallest absolute Gasteiger partial charge is 0.237 e. The van der Waals surface area contributed by atoms with Gasteiger partial charge in [-0.25, -0.2) is 4.68 Å². The summed E-state index contributed by atoms with van der Waals surface area (Å²) in [4.78, 5) is 4.23. The van der Waals surface area contributed by atoms with Crippen LogP contribution in [0.3, 0.4) is 0 Å². The van der Waals surface area contributed by atoms with Gasteiger partial charge in [0.15, 0.2) is 11.6 Å². The second-order valence-corrected chi connectivity index (χ2v) is 6.12. The van der Waals surface area contributed by atoms with Crippen molar-refractivity contribution in [2.45, 2.75) is 50.4 Å². The first kappa shape index (κ1) is 13.9. The quantitative estimate of drug-likeness (QED) is 0.671. The van der Waals surface area contributed by atoms with Crippen molar-refractivity contribution in [2.24, 2.45) is 0 Å². The Labute approximate surface area is 115 Å². The number of nitrogens with zero attached hydrogens (tertiary/aromatic N) is 5. The van der Waals surface area contributed by atoms with Crippen molar-refractivity contribution in [1.82, 2.24) is 25.0 Å². The minimum Gasteiger partial charge on any atom is -0.338 e. The first-order valence-electron chi connectivity index (χ1n) is 6.07. The Kier molecular flexibility index (Phi) is 3.79. The number of hydrogen-bond donors (Lipinski definition) is 1. The Morgan fingerprint density at radius 3 is 2.58 bits per heavy atom. The lowest BCUT2D eigenvalue weighted by Gasteiger charge is -2.16. The van der Waals surface area contributed by atoms with E-state index in [1.165, 1.54) is 16.4 Å². The van der Waals surface area contributed by atoms with E-state index in [9.17, 15) is 0 Å². The molecule has 2 N–H and O–H groups in total. The Morgan fingerprint density at radius 2 is 2.05 bits per heavy atom. The molecule has 0 aliphatic heterocycles. The number of aryl methyl sites for hydroxylation is 1. The fraction of sp³-hybridized carbons (Fsp3) is 0.636. The van der Waals surface area contributed by atoms with Crippen LogP contribution < -0.4 is 5.84 Å². The highest BCUT2D eigenvalue weighted by Crippen LogP contribution is 2.24. The standard InChI is InChI=1S/C11H18N6OS/c1-5-7-13-8(18-16-7)6-19-10-15-14-9(17(10)12)11(2,3)4/h5-6,12H2,1-4H3. The summed E-state index contributed by atoms with van der Waals surface area (Å²) in [6.07, 6.45) is 0.759. The van der Waals surface area contributed by atoms with Gasteiger partial charge in [-0.2, -0.15) is 4.98 Å². The van der Waals surface area contributed by atoms with Crippen LogP contribution in [0.5, 0.6) is 0 Å². The minimum absolute atomic E-state index is 0.138. The predicted molar refractivity (Wildman–Crippen MR) is 72.1 cm³/mol. The van der Waals surface area contributed by atoms with E-state index >= 15 is 0 Å². The van der Waals surface area contributed by atoms with Crippen LogP contribution in [0.15, 0.2) is 9.68 Å². The molecule has 2 aromatic heterocycles. The third-order valence-electron chi connectivity index (χ3n) is 2.49. The Balaban J connectivity index is 2.06. The fourth-order valence-electron chi connectivity index (χ4n) is 1.51. The number of thioether (sulfide) groups is 1. The molecule has 0 unspecified atom stereocenters. The van der Waals surface area contributed by atoms with Gasteiger partial charge < -0.3 is 10.4 Å². The summed E-state index contributed by atoms with van der Waals surface area (Å²) >= 11 is 1.43. The normalized spacial score (nSPS) is 12.0. The van der Waals surface area contributed by atoms with E-state index in [-0.39, 0.29) is 5.41 Å². The summed E-state index contributed by atoms with van der Waals surface area (Å²) in [6.45, 7) is 8.11. The van der Waals surface area contributed by atoms with Gasteiger partial charge in [-0.15, -0.1) is 10.2 Å². The van der Waals surface area contributed by atoms with Gasteiger partial charge in [0, 0.05) is 11.8 Å². The van der Waals surface area contributed by atoms with E-state index in [2.05, 4.69) is 20.3 Å². The number of hydrogen-bond acceptors (Lipinski definition) is 7. The van der Waals surface area contributed by atoms with Crippen LogP contribution in [0, 0.1) is 0 Å². The molecule has 2 heterocycles. The van der Waals surface area contributed by atoms with Gasteiger partial charge in [0.2, 0.25) is 11.0 Å². The van der Waals surface area contributed by atoms with Crippen molar-refractivity contribution in [2.75, 3.05) is 5.84 Å². The van der Waals surface area contributed by atoms with Crippen molar-refractivity contribution < 1.29 is 4.52 Å². The molecule has 0 bridgehead atoms. The van der Waals surface area contributed by atoms with Gasteiger partial charge in [0.25, 0.3) is 0 Å². The summed E-state index contributed by atoms with van der Waals surface area (Å²) < 4.78 is 6.63. The highest BCUT2D eigenvalue weighted by Gasteiger charge is 2.23. The molecule has 0 atom stereocenters. The first-order chi connectivity index (χ1) is 8.91. The zero-order valence-electron chi connectivity index (χ0n) is 11.5. The molecule has 104 valence electrons.